The topological polar surface area (TPSA) is 77.9 Å². The van der Waals surface area contributed by atoms with Crippen molar-refractivity contribution in [2.24, 2.45) is 7.05 Å². The van der Waals surface area contributed by atoms with E-state index >= 15 is 0 Å². The van der Waals surface area contributed by atoms with Gasteiger partial charge >= 0.3 is 7.12 Å². The molecule has 1 aliphatic rings. The smallest absolute Gasteiger partial charge is 0.399 e. The molecule has 134 valence electrons. The van der Waals surface area contributed by atoms with Crippen LogP contribution >= 0.6 is 0 Å². The lowest BCUT2D eigenvalue weighted by molar-refractivity contribution is 0.00578. The number of aromatic nitrogens is 5. The van der Waals surface area contributed by atoms with Gasteiger partial charge in [-0.1, -0.05) is 24.3 Å². The number of hydrogen-bond donors (Lipinski definition) is 1. The van der Waals surface area contributed by atoms with Gasteiger partial charge in [0.05, 0.1) is 28.7 Å². The Morgan fingerprint density at radius 2 is 1.85 bits per heavy atom. The van der Waals surface area contributed by atoms with Crippen LogP contribution < -0.4 is 5.46 Å². The van der Waals surface area contributed by atoms with Crippen LogP contribution in [0.3, 0.4) is 0 Å². The van der Waals surface area contributed by atoms with E-state index in [0.29, 0.717) is 0 Å². The molecule has 4 rings (SSSR count). The Labute approximate surface area is 152 Å². The van der Waals surface area contributed by atoms with Gasteiger partial charge in [0.15, 0.2) is 5.82 Å². The fourth-order valence-corrected chi connectivity index (χ4v) is 3.02. The maximum atomic E-state index is 6.17. The average Bonchev–Trinajstić information content (AvgIpc) is 3.26. The van der Waals surface area contributed by atoms with E-state index in [9.17, 15) is 0 Å². The summed E-state index contributed by atoms with van der Waals surface area (Å²) < 4.78 is 14.2. The first-order valence-electron chi connectivity index (χ1n) is 8.62. The van der Waals surface area contributed by atoms with Crippen molar-refractivity contribution in [3.05, 3.63) is 36.8 Å². The molecule has 0 bridgehead atoms. The van der Waals surface area contributed by atoms with Crippen molar-refractivity contribution < 1.29 is 9.31 Å². The van der Waals surface area contributed by atoms with E-state index in [-0.39, 0.29) is 11.2 Å². The van der Waals surface area contributed by atoms with Gasteiger partial charge in [0, 0.05) is 7.05 Å². The number of hydrogen-bond acceptors (Lipinski definition) is 5. The summed E-state index contributed by atoms with van der Waals surface area (Å²) in [6.07, 6.45) is 3.44. The third-order valence-corrected chi connectivity index (χ3v) is 5.29. The minimum atomic E-state index is -0.402. The van der Waals surface area contributed by atoms with Crippen molar-refractivity contribution in [1.82, 2.24) is 25.0 Å². The van der Waals surface area contributed by atoms with Crippen molar-refractivity contribution >= 4 is 12.6 Å². The molecular weight excluding hydrogens is 329 g/mol. The fraction of sp³-hybridized carbons (Fsp3) is 0.389. The van der Waals surface area contributed by atoms with Crippen molar-refractivity contribution in [2.45, 2.75) is 38.9 Å². The molecule has 1 aliphatic heterocycles. The molecule has 8 heteroatoms. The molecule has 0 saturated carbocycles. The molecule has 7 nitrogen and oxygen atoms in total. The van der Waals surface area contributed by atoms with Gasteiger partial charge in [-0.25, -0.2) is 0 Å². The number of benzene rings is 1. The molecule has 1 fully saturated rings. The summed E-state index contributed by atoms with van der Waals surface area (Å²) in [6, 6.07) is 8.11. The van der Waals surface area contributed by atoms with E-state index in [0.717, 1.165) is 28.1 Å². The SMILES string of the molecule is Cn1cnnc1-c1cn[nH]c1-c1cccc(B2OC(C)(C)C(C)(C)O2)c1. The normalized spacial score (nSPS) is 18.4. The first-order chi connectivity index (χ1) is 12.3. The minimum Gasteiger partial charge on any atom is -0.399 e. The van der Waals surface area contributed by atoms with Crippen molar-refractivity contribution in [2.75, 3.05) is 0 Å². The highest BCUT2D eigenvalue weighted by molar-refractivity contribution is 6.62. The molecule has 0 spiro atoms. The summed E-state index contributed by atoms with van der Waals surface area (Å²) in [5.41, 5.74) is 3.01. The average molecular weight is 351 g/mol. The van der Waals surface area contributed by atoms with E-state index in [1.165, 1.54) is 0 Å². The Morgan fingerprint density at radius 1 is 1.12 bits per heavy atom. The van der Waals surface area contributed by atoms with Gasteiger partial charge in [0.25, 0.3) is 0 Å². The zero-order chi connectivity index (χ0) is 18.5. The molecule has 1 saturated heterocycles. The van der Waals surface area contributed by atoms with Gasteiger partial charge in [-0.15, -0.1) is 10.2 Å². The Morgan fingerprint density at radius 3 is 2.50 bits per heavy atom. The second-order valence-electron chi connectivity index (χ2n) is 7.64. The van der Waals surface area contributed by atoms with E-state index in [1.807, 2.05) is 29.8 Å². The number of aryl methyl sites for hydroxylation is 1. The maximum absolute atomic E-state index is 6.17. The zero-order valence-electron chi connectivity index (χ0n) is 15.6. The first kappa shape index (κ1) is 17.0. The number of nitrogens with one attached hydrogen (secondary N) is 1. The first-order valence-corrected chi connectivity index (χ1v) is 8.62. The van der Waals surface area contributed by atoms with Gasteiger partial charge in [-0.2, -0.15) is 5.10 Å². The van der Waals surface area contributed by atoms with Crippen LogP contribution in [0.4, 0.5) is 0 Å². The second kappa shape index (κ2) is 5.79. The van der Waals surface area contributed by atoms with E-state index in [2.05, 4.69) is 54.2 Å². The monoisotopic (exact) mass is 351 g/mol. The third-order valence-electron chi connectivity index (χ3n) is 5.29. The lowest BCUT2D eigenvalue weighted by Crippen LogP contribution is -2.41. The van der Waals surface area contributed by atoms with Crippen molar-refractivity contribution in [3.63, 3.8) is 0 Å². The van der Waals surface area contributed by atoms with E-state index in [1.54, 1.807) is 12.5 Å². The predicted octanol–water partition coefficient (Wildman–Crippen LogP) is 2.17. The molecule has 1 aromatic carbocycles. The van der Waals surface area contributed by atoms with Gasteiger partial charge in [0.2, 0.25) is 0 Å². The lowest BCUT2D eigenvalue weighted by atomic mass is 9.78. The molecule has 0 aliphatic carbocycles. The maximum Gasteiger partial charge on any atom is 0.494 e. The van der Waals surface area contributed by atoms with E-state index < -0.39 is 7.12 Å². The van der Waals surface area contributed by atoms with E-state index in [4.69, 9.17) is 9.31 Å². The van der Waals surface area contributed by atoms with Gasteiger partial charge < -0.3 is 13.9 Å². The highest BCUT2D eigenvalue weighted by Crippen LogP contribution is 2.37. The van der Waals surface area contributed by atoms with Crippen LogP contribution in [0.1, 0.15) is 27.7 Å². The summed E-state index contributed by atoms with van der Waals surface area (Å²) in [5, 5.41) is 15.4. The van der Waals surface area contributed by atoms with Crippen LogP contribution in [0.15, 0.2) is 36.8 Å². The molecule has 1 N–H and O–H groups in total. The Balaban J connectivity index is 1.71. The zero-order valence-corrected chi connectivity index (χ0v) is 15.6. The molecule has 0 unspecified atom stereocenters. The van der Waals surface area contributed by atoms with Gasteiger partial charge in [-0.3, -0.25) is 5.10 Å². The van der Waals surface area contributed by atoms with Crippen LogP contribution in [0.2, 0.25) is 0 Å². The molecule has 3 heterocycles. The fourth-order valence-electron chi connectivity index (χ4n) is 3.02. The summed E-state index contributed by atoms with van der Waals surface area (Å²) in [5.74, 6) is 0.759. The highest BCUT2D eigenvalue weighted by atomic mass is 16.7. The Hall–Kier alpha value is -2.45. The predicted molar refractivity (Wildman–Crippen MR) is 99.7 cm³/mol. The second-order valence-corrected chi connectivity index (χ2v) is 7.64. The van der Waals surface area contributed by atoms with Crippen molar-refractivity contribution in [3.8, 4) is 22.6 Å². The van der Waals surface area contributed by atoms with Gasteiger partial charge in [-0.05, 0) is 38.7 Å². The Bertz CT molecular complexity index is 930. The molecule has 0 amide bonds. The lowest BCUT2D eigenvalue weighted by Gasteiger charge is -2.32. The molecule has 3 aromatic rings. The summed E-state index contributed by atoms with van der Waals surface area (Å²) in [6.45, 7) is 8.21. The standard InChI is InChI=1S/C18H22BN5O2/c1-17(2)18(3,4)26-19(25-17)13-8-6-7-12(9-13)15-14(10-20-22-15)16-23-21-11-24(16)5/h6-11H,1-5H3,(H,20,22). The Kier molecular flexibility index (Phi) is 3.78. The summed E-state index contributed by atoms with van der Waals surface area (Å²) in [7, 11) is 1.51. The molecule has 26 heavy (non-hydrogen) atoms. The largest absolute Gasteiger partial charge is 0.494 e. The number of aromatic amines is 1. The highest BCUT2D eigenvalue weighted by Gasteiger charge is 2.51. The summed E-state index contributed by atoms with van der Waals surface area (Å²) in [4.78, 5) is 0. The third kappa shape index (κ3) is 2.66. The quantitative estimate of drug-likeness (QED) is 0.732. The molecule has 0 radical (unpaired) electrons. The van der Waals surface area contributed by atoms with Crippen LogP contribution in [0.5, 0.6) is 0 Å². The van der Waals surface area contributed by atoms with Crippen LogP contribution in [-0.2, 0) is 16.4 Å². The van der Waals surface area contributed by atoms with Crippen molar-refractivity contribution in [1.29, 1.82) is 0 Å². The molecule has 0 atom stereocenters. The minimum absolute atomic E-state index is 0.370. The van der Waals surface area contributed by atoms with Crippen LogP contribution in [-0.4, -0.2) is 43.3 Å². The van der Waals surface area contributed by atoms with Crippen LogP contribution in [0, 0.1) is 0 Å². The number of rotatable bonds is 3. The summed E-state index contributed by atoms with van der Waals surface area (Å²) >= 11 is 0. The molecular formula is C18H22BN5O2. The van der Waals surface area contributed by atoms with Crippen LogP contribution in [0.25, 0.3) is 22.6 Å². The number of nitrogens with zero attached hydrogens (tertiary/aromatic N) is 4. The van der Waals surface area contributed by atoms with Gasteiger partial charge in [0.1, 0.15) is 6.33 Å². The molecule has 2 aromatic heterocycles. The number of H-pyrrole nitrogens is 1.